The highest BCUT2D eigenvalue weighted by molar-refractivity contribution is 5.90. The summed E-state index contributed by atoms with van der Waals surface area (Å²) in [6.45, 7) is 8.11. The highest BCUT2D eigenvalue weighted by Crippen LogP contribution is 2.46. The molecule has 0 aromatic heterocycles. The number of carbonyl (C=O) groups excluding carboxylic acids is 3. The fraction of sp³-hybridized carbons (Fsp3) is 0.735. The molecule has 2 aliphatic carbocycles. The second-order valence-corrected chi connectivity index (χ2v) is 14.7. The Hall–Kier alpha value is -2.48. The van der Waals surface area contributed by atoms with E-state index in [2.05, 4.69) is 22.6 Å². The fourth-order valence-electron chi connectivity index (χ4n) is 8.38. The number of nitrogens with one attached hydrogen (secondary N) is 2. The van der Waals surface area contributed by atoms with Crippen molar-refractivity contribution in [3.8, 4) is 0 Å². The summed E-state index contributed by atoms with van der Waals surface area (Å²) in [7, 11) is 2.10. The summed E-state index contributed by atoms with van der Waals surface area (Å²) in [6.07, 6.45) is 10.3. The molecular weight excluding hydrogens is 531 g/mol. The van der Waals surface area contributed by atoms with Crippen LogP contribution in [-0.2, 0) is 20.8 Å². The van der Waals surface area contributed by atoms with Crippen LogP contribution in [-0.4, -0.2) is 71.8 Å². The summed E-state index contributed by atoms with van der Waals surface area (Å²) < 4.78 is 13.7. The summed E-state index contributed by atoms with van der Waals surface area (Å²) in [5.41, 5.74) is 0.0325. The Bertz CT molecular complexity index is 1120. The molecule has 6 rings (SSSR count). The Morgan fingerprint density at radius 3 is 2.26 bits per heavy atom. The van der Waals surface area contributed by atoms with Crippen LogP contribution < -0.4 is 10.6 Å². The molecule has 1 aromatic rings. The SMILES string of the molecule is CN1CC2CCC1C(C(=O)N[C@H](Cc1ccc(F)cc1)C(=O)N1CCC(C(=O)NC(C)(C)C)(C3CCCCC3)CC1)C2. The lowest BCUT2D eigenvalue weighted by molar-refractivity contribution is -0.148. The molecule has 3 unspecified atom stereocenters. The molecule has 3 saturated heterocycles. The minimum atomic E-state index is -0.723. The molecule has 2 bridgehead atoms. The number of rotatable bonds is 7. The molecule has 42 heavy (non-hydrogen) atoms. The zero-order valence-corrected chi connectivity index (χ0v) is 26.1. The molecule has 2 N–H and O–H groups in total. The van der Waals surface area contributed by atoms with Gasteiger partial charge in [0.15, 0.2) is 0 Å². The summed E-state index contributed by atoms with van der Waals surface area (Å²) in [6, 6.07) is 5.68. The number of hydrogen-bond donors (Lipinski definition) is 2. The first kappa shape index (κ1) is 31.0. The molecule has 0 spiro atoms. The van der Waals surface area contributed by atoms with Crippen LogP contribution in [0, 0.1) is 29.0 Å². The van der Waals surface area contributed by atoms with Crippen molar-refractivity contribution in [2.75, 3.05) is 26.7 Å². The van der Waals surface area contributed by atoms with Gasteiger partial charge in [-0.1, -0.05) is 31.4 Å². The molecule has 3 amide bonds. The zero-order chi connectivity index (χ0) is 30.1. The van der Waals surface area contributed by atoms with E-state index in [0.717, 1.165) is 57.1 Å². The van der Waals surface area contributed by atoms with Crippen LogP contribution in [0.15, 0.2) is 24.3 Å². The van der Waals surface area contributed by atoms with Crippen LogP contribution in [0.3, 0.4) is 0 Å². The van der Waals surface area contributed by atoms with Crippen molar-refractivity contribution in [1.29, 1.82) is 0 Å². The first-order valence-electron chi connectivity index (χ1n) is 16.3. The smallest absolute Gasteiger partial charge is 0.245 e. The minimum absolute atomic E-state index is 0.0465. The molecule has 3 heterocycles. The van der Waals surface area contributed by atoms with Gasteiger partial charge in [0, 0.05) is 37.6 Å². The lowest BCUT2D eigenvalue weighted by Crippen LogP contribution is -2.60. The maximum absolute atomic E-state index is 14.1. The molecular formula is C34H51FN4O3. The molecule has 7 nitrogen and oxygen atoms in total. The van der Waals surface area contributed by atoms with E-state index < -0.39 is 11.5 Å². The molecule has 2 saturated carbocycles. The topological polar surface area (TPSA) is 81.8 Å². The van der Waals surface area contributed by atoms with E-state index in [1.54, 1.807) is 12.1 Å². The first-order valence-corrected chi connectivity index (χ1v) is 16.3. The Balaban J connectivity index is 1.32. The van der Waals surface area contributed by atoms with Crippen molar-refractivity contribution >= 4 is 17.7 Å². The average molecular weight is 583 g/mol. The summed E-state index contributed by atoms with van der Waals surface area (Å²) in [4.78, 5) is 45.8. The van der Waals surface area contributed by atoms with Gasteiger partial charge < -0.3 is 20.4 Å². The number of hydrogen-bond acceptors (Lipinski definition) is 4. The fourth-order valence-corrected chi connectivity index (χ4v) is 8.38. The minimum Gasteiger partial charge on any atom is -0.351 e. The summed E-state index contributed by atoms with van der Waals surface area (Å²) in [5, 5.41) is 6.44. The van der Waals surface area contributed by atoms with Gasteiger partial charge in [-0.3, -0.25) is 14.4 Å². The van der Waals surface area contributed by atoms with E-state index in [9.17, 15) is 18.8 Å². The van der Waals surface area contributed by atoms with Gasteiger partial charge in [0.05, 0.1) is 11.3 Å². The van der Waals surface area contributed by atoms with Crippen molar-refractivity contribution in [2.24, 2.45) is 23.2 Å². The van der Waals surface area contributed by atoms with Gasteiger partial charge in [0.2, 0.25) is 17.7 Å². The van der Waals surface area contributed by atoms with E-state index >= 15 is 0 Å². The van der Waals surface area contributed by atoms with E-state index in [4.69, 9.17) is 0 Å². The van der Waals surface area contributed by atoms with E-state index in [0.29, 0.717) is 44.2 Å². The summed E-state index contributed by atoms with van der Waals surface area (Å²) >= 11 is 0. The number of amides is 3. The number of piperidine rings is 3. The first-order chi connectivity index (χ1) is 19.9. The second kappa shape index (κ2) is 12.6. The Labute approximate surface area is 251 Å². The van der Waals surface area contributed by atoms with Crippen LogP contribution in [0.2, 0.25) is 0 Å². The lowest BCUT2D eigenvalue weighted by Gasteiger charge is -2.48. The molecule has 8 heteroatoms. The predicted octanol–water partition coefficient (Wildman–Crippen LogP) is 4.69. The van der Waals surface area contributed by atoms with Crippen molar-refractivity contribution in [3.05, 3.63) is 35.6 Å². The van der Waals surface area contributed by atoms with Gasteiger partial charge in [-0.2, -0.15) is 0 Å². The van der Waals surface area contributed by atoms with Gasteiger partial charge in [-0.15, -0.1) is 0 Å². The Morgan fingerprint density at radius 1 is 1.00 bits per heavy atom. The van der Waals surface area contributed by atoms with Crippen LogP contribution in [0.1, 0.15) is 90.5 Å². The average Bonchev–Trinajstić information content (AvgIpc) is 2.97. The van der Waals surface area contributed by atoms with E-state index in [1.165, 1.54) is 18.6 Å². The lowest BCUT2D eigenvalue weighted by atomic mass is 9.63. The van der Waals surface area contributed by atoms with Crippen molar-refractivity contribution in [2.45, 2.75) is 109 Å². The molecule has 232 valence electrons. The third-order valence-electron chi connectivity index (χ3n) is 10.6. The quantitative estimate of drug-likeness (QED) is 0.489. The predicted molar refractivity (Wildman–Crippen MR) is 162 cm³/mol. The maximum atomic E-state index is 14.1. The third kappa shape index (κ3) is 6.84. The van der Waals surface area contributed by atoms with Gasteiger partial charge >= 0.3 is 0 Å². The van der Waals surface area contributed by atoms with Crippen LogP contribution in [0.25, 0.3) is 0 Å². The third-order valence-corrected chi connectivity index (χ3v) is 10.6. The standard InChI is InChI=1S/C34H51FN4O3/c1-33(2,3)37-32(42)34(25-8-6-5-7-9-25)16-18-39(19-17-34)31(41)28(21-23-10-13-26(35)14-11-23)36-30(40)27-20-24-12-15-29(27)38(4)22-24/h10-11,13-14,24-25,27-29H,5-9,12,15-22H2,1-4H3,(H,36,40)(H,37,42)/t24?,27?,28-,29?/m1/s1. The molecule has 4 atom stereocenters. The summed E-state index contributed by atoms with van der Waals surface area (Å²) in [5.74, 6) is 0.394. The number of benzene rings is 1. The van der Waals surface area contributed by atoms with Gasteiger partial charge in [0.1, 0.15) is 11.9 Å². The van der Waals surface area contributed by atoms with Crippen LogP contribution in [0.5, 0.6) is 0 Å². The van der Waals surface area contributed by atoms with Gasteiger partial charge in [-0.05, 0) is 102 Å². The van der Waals surface area contributed by atoms with Gasteiger partial charge in [-0.25, -0.2) is 4.39 Å². The molecule has 3 aliphatic heterocycles. The number of likely N-dealkylation sites (tertiary alicyclic amines) is 1. The van der Waals surface area contributed by atoms with E-state index in [1.807, 2.05) is 25.7 Å². The van der Waals surface area contributed by atoms with Crippen molar-refractivity contribution < 1.29 is 18.8 Å². The maximum Gasteiger partial charge on any atom is 0.245 e. The van der Waals surface area contributed by atoms with Crippen molar-refractivity contribution in [1.82, 2.24) is 20.4 Å². The monoisotopic (exact) mass is 582 g/mol. The molecule has 5 fully saturated rings. The van der Waals surface area contributed by atoms with Crippen LogP contribution in [0.4, 0.5) is 4.39 Å². The molecule has 0 radical (unpaired) electrons. The van der Waals surface area contributed by atoms with Gasteiger partial charge in [0.25, 0.3) is 0 Å². The highest BCUT2D eigenvalue weighted by Gasteiger charge is 2.49. The molecule has 5 aliphatic rings. The van der Waals surface area contributed by atoms with Crippen LogP contribution >= 0.6 is 0 Å². The number of carbonyl (C=O) groups is 3. The number of nitrogens with zero attached hydrogens (tertiary/aromatic N) is 2. The Morgan fingerprint density at radius 2 is 1.67 bits per heavy atom. The highest BCUT2D eigenvalue weighted by atomic mass is 19.1. The van der Waals surface area contributed by atoms with E-state index in [-0.39, 0.29) is 41.0 Å². The Kier molecular flexibility index (Phi) is 9.31. The largest absolute Gasteiger partial charge is 0.351 e. The normalized spacial score (nSPS) is 27.4. The van der Waals surface area contributed by atoms with Crippen molar-refractivity contribution in [3.63, 3.8) is 0 Å². The number of halogens is 1. The second-order valence-electron chi connectivity index (χ2n) is 14.7. The molecule has 1 aromatic carbocycles. The number of fused-ring (bicyclic) bond motifs is 3. The zero-order valence-electron chi connectivity index (χ0n) is 26.1.